The maximum atomic E-state index is 6.02. The fraction of sp³-hybridized carbons (Fsp3) is 0.333. The van der Waals surface area contributed by atoms with Gasteiger partial charge in [0, 0.05) is 5.56 Å². The standard InChI is InChI=1S/C15H18IN3/c1-3-7-12-13(16)14(17)19-15(18-12)11-9-6-5-8-10(11)4-2/h5-6,8-9H,3-4,7H2,1-2H3,(H2,17,18,19). The number of nitrogens with zero attached hydrogens (tertiary/aromatic N) is 2. The van der Waals surface area contributed by atoms with Gasteiger partial charge >= 0.3 is 0 Å². The summed E-state index contributed by atoms with van der Waals surface area (Å²) in [6.07, 6.45) is 2.96. The van der Waals surface area contributed by atoms with Gasteiger partial charge in [0.25, 0.3) is 0 Å². The second-order valence-corrected chi connectivity index (χ2v) is 5.53. The molecule has 1 heterocycles. The zero-order valence-electron chi connectivity index (χ0n) is 11.3. The van der Waals surface area contributed by atoms with Gasteiger partial charge in [0.05, 0.1) is 9.26 Å². The van der Waals surface area contributed by atoms with E-state index in [4.69, 9.17) is 10.7 Å². The molecule has 2 aromatic rings. The number of hydrogen-bond donors (Lipinski definition) is 1. The van der Waals surface area contributed by atoms with Crippen LogP contribution >= 0.6 is 22.6 Å². The van der Waals surface area contributed by atoms with Crippen LogP contribution in [-0.2, 0) is 12.8 Å². The Morgan fingerprint density at radius 3 is 2.58 bits per heavy atom. The van der Waals surface area contributed by atoms with Crippen LogP contribution in [0, 0.1) is 3.57 Å². The van der Waals surface area contributed by atoms with Crippen LogP contribution in [0.1, 0.15) is 31.5 Å². The first kappa shape index (κ1) is 14.2. The lowest BCUT2D eigenvalue weighted by Gasteiger charge is -2.11. The van der Waals surface area contributed by atoms with E-state index < -0.39 is 0 Å². The van der Waals surface area contributed by atoms with Crippen molar-refractivity contribution >= 4 is 28.4 Å². The lowest BCUT2D eigenvalue weighted by atomic mass is 10.0. The second kappa shape index (κ2) is 6.32. The minimum atomic E-state index is 0.583. The van der Waals surface area contributed by atoms with Crippen LogP contribution in [0.4, 0.5) is 5.82 Å². The highest BCUT2D eigenvalue weighted by molar-refractivity contribution is 14.1. The number of nitrogen functional groups attached to an aromatic ring is 1. The highest BCUT2D eigenvalue weighted by Crippen LogP contribution is 2.25. The molecule has 0 saturated heterocycles. The summed E-state index contributed by atoms with van der Waals surface area (Å²) in [5.41, 5.74) is 9.42. The zero-order chi connectivity index (χ0) is 13.8. The molecule has 0 unspecified atom stereocenters. The molecule has 0 amide bonds. The van der Waals surface area contributed by atoms with Crippen molar-refractivity contribution in [3.05, 3.63) is 39.1 Å². The summed E-state index contributed by atoms with van der Waals surface area (Å²) < 4.78 is 0.983. The molecular weight excluding hydrogens is 349 g/mol. The zero-order valence-corrected chi connectivity index (χ0v) is 13.4. The number of hydrogen-bond acceptors (Lipinski definition) is 3. The molecule has 0 saturated carbocycles. The molecule has 0 bridgehead atoms. The summed E-state index contributed by atoms with van der Waals surface area (Å²) in [6, 6.07) is 8.25. The van der Waals surface area contributed by atoms with E-state index in [-0.39, 0.29) is 0 Å². The molecule has 0 aliphatic carbocycles. The van der Waals surface area contributed by atoms with Crippen molar-refractivity contribution in [3.8, 4) is 11.4 Å². The van der Waals surface area contributed by atoms with Crippen LogP contribution in [0.3, 0.4) is 0 Å². The summed E-state index contributed by atoms with van der Waals surface area (Å²) in [6.45, 7) is 4.29. The van der Waals surface area contributed by atoms with Crippen LogP contribution in [0.15, 0.2) is 24.3 Å². The summed E-state index contributed by atoms with van der Waals surface area (Å²) in [4.78, 5) is 9.16. The SMILES string of the molecule is CCCc1nc(-c2ccccc2CC)nc(N)c1I. The first-order chi connectivity index (χ1) is 9.17. The van der Waals surface area contributed by atoms with Crippen molar-refractivity contribution in [1.82, 2.24) is 9.97 Å². The molecule has 2 N–H and O–H groups in total. The maximum Gasteiger partial charge on any atom is 0.162 e. The summed E-state index contributed by atoms with van der Waals surface area (Å²) in [7, 11) is 0. The Hall–Kier alpha value is -1.17. The van der Waals surface area contributed by atoms with E-state index in [0.717, 1.165) is 39.9 Å². The first-order valence-corrected chi connectivity index (χ1v) is 7.65. The molecule has 3 nitrogen and oxygen atoms in total. The van der Waals surface area contributed by atoms with Crippen LogP contribution < -0.4 is 5.73 Å². The lowest BCUT2D eigenvalue weighted by Crippen LogP contribution is -2.05. The Morgan fingerprint density at radius 1 is 1.16 bits per heavy atom. The van der Waals surface area contributed by atoms with Gasteiger partial charge < -0.3 is 5.73 Å². The van der Waals surface area contributed by atoms with Gasteiger partial charge in [-0.3, -0.25) is 0 Å². The number of aromatic nitrogens is 2. The van der Waals surface area contributed by atoms with Gasteiger partial charge in [-0.1, -0.05) is 44.5 Å². The molecule has 1 aromatic heterocycles. The third-order valence-electron chi connectivity index (χ3n) is 3.07. The fourth-order valence-corrected chi connectivity index (χ4v) is 2.59. The highest BCUT2D eigenvalue weighted by Gasteiger charge is 2.12. The van der Waals surface area contributed by atoms with Crippen molar-refractivity contribution in [2.24, 2.45) is 0 Å². The third-order valence-corrected chi connectivity index (χ3v) is 4.25. The van der Waals surface area contributed by atoms with Gasteiger partial charge in [-0.05, 0) is 41.0 Å². The molecule has 100 valence electrons. The van der Waals surface area contributed by atoms with E-state index in [2.05, 4.69) is 53.6 Å². The van der Waals surface area contributed by atoms with E-state index in [1.54, 1.807) is 0 Å². The highest BCUT2D eigenvalue weighted by atomic mass is 127. The minimum Gasteiger partial charge on any atom is -0.383 e. The van der Waals surface area contributed by atoms with Crippen molar-refractivity contribution in [2.75, 3.05) is 5.73 Å². The van der Waals surface area contributed by atoms with Crippen molar-refractivity contribution in [3.63, 3.8) is 0 Å². The summed E-state index contributed by atoms with van der Waals surface area (Å²) >= 11 is 2.23. The van der Waals surface area contributed by atoms with Crippen molar-refractivity contribution < 1.29 is 0 Å². The van der Waals surface area contributed by atoms with Crippen LogP contribution in [0.25, 0.3) is 11.4 Å². The van der Waals surface area contributed by atoms with Gasteiger partial charge in [0.1, 0.15) is 5.82 Å². The Labute approximate surface area is 127 Å². The van der Waals surface area contributed by atoms with Crippen LogP contribution in [0.5, 0.6) is 0 Å². The van der Waals surface area contributed by atoms with Crippen LogP contribution in [-0.4, -0.2) is 9.97 Å². The van der Waals surface area contributed by atoms with E-state index >= 15 is 0 Å². The predicted octanol–water partition coefficient (Wildman–Crippen LogP) is 3.85. The molecule has 0 radical (unpaired) electrons. The van der Waals surface area contributed by atoms with E-state index in [0.29, 0.717) is 5.82 Å². The van der Waals surface area contributed by atoms with Crippen molar-refractivity contribution in [2.45, 2.75) is 33.1 Å². The molecule has 1 aromatic carbocycles. The molecule has 0 fully saturated rings. The quantitative estimate of drug-likeness (QED) is 0.836. The van der Waals surface area contributed by atoms with Gasteiger partial charge in [0.2, 0.25) is 0 Å². The molecule has 19 heavy (non-hydrogen) atoms. The Kier molecular flexibility index (Phi) is 4.74. The molecule has 0 aliphatic heterocycles. The number of nitrogens with two attached hydrogens (primary N) is 1. The summed E-state index contributed by atoms with van der Waals surface area (Å²) in [5.74, 6) is 1.33. The maximum absolute atomic E-state index is 6.02. The number of halogens is 1. The first-order valence-electron chi connectivity index (χ1n) is 6.57. The molecule has 0 aliphatic rings. The number of rotatable bonds is 4. The predicted molar refractivity (Wildman–Crippen MR) is 88.0 cm³/mol. The Balaban J connectivity index is 2.56. The van der Waals surface area contributed by atoms with Gasteiger partial charge in [0.15, 0.2) is 5.82 Å². The molecule has 0 spiro atoms. The molecule has 2 rings (SSSR count). The normalized spacial score (nSPS) is 10.7. The lowest BCUT2D eigenvalue weighted by molar-refractivity contribution is 0.868. The summed E-state index contributed by atoms with van der Waals surface area (Å²) in [5, 5.41) is 0. The smallest absolute Gasteiger partial charge is 0.162 e. The third kappa shape index (κ3) is 3.05. The van der Waals surface area contributed by atoms with Crippen LogP contribution in [0.2, 0.25) is 0 Å². The van der Waals surface area contributed by atoms with E-state index in [1.165, 1.54) is 5.56 Å². The van der Waals surface area contributed by atoms with E-state index in [9.17, 15) is 0 Å². The van der Waals surface area contributed by atoms with Gasteiger partial charge in [-0.2, -0.15) is 0 Å². The molecular formula is C15H18IN3. The molecule has 4 heteroatoms. The Morgan fingerprint density at radius 2 is 1.89 bits per heavy atom. The minimum absolute atomic E-state index is 0.583. The monoisotopic (exact) mass is 367 g/mol. The average molecular weight is 367 g/mol. The number of anilines is 1. The van der Waals surface area contributed by atoms with Gasteiger partial charge in [-0.15, -0.1) is 0 Å². The number of benzene rings is 1. The Bertz CT molecular complexity index is 582. The second-order valence-electron chi connectivity index (χ2n) is 4.45. The molecule has 0 atom stereocenters. The fourth-order valence-electron chi connectivity index (χ4n) is 2.08. The topological polar surface area (TPSA) is 51.8 Å². The average Bonchev–Trinajstić information content (AvgIpc) is 2.43. The van der Waals surface area contributed by atoms with Gasteiger partial charge in [-0.25, -0.2) is 9.97 Å². The largest absolute Gasteiger partial charge is 0.383 e. The van der Waals surface area contributed by atoms with Crippen molar-refractivity contribution in [1.29, 1.82) is 0 Å². The number of aryl methyl sites for hydroxylation is 2. The van der Waals surface area contributed by atoms with E-state index in [1.807, 2.05) is 12.1 Å².